The van der Waals surface area contributed by atoms with Crippen molar-refractivity contribution in [3.05, 3.63) is 30.0 Å². The van der Waals surface area contributed by atoms with Crippen molar-refractivity contribution in [3.8, 4) is 11.8 Å². The van der Waals surface area contributed by atoms with Crippen molar-refractivity contribution in [2.75, 3.05) is 11.9 Å². The highest BCUT2D eigenvalue weighted by atomic mass is 15.0. The van der Waals surface area contributed by atoms with E-state index in [-0.39, 0.29) is 0 Å². The minimum atomic E-state index is 0.602. The fourth-order valence-electron chi connectivity index (χ4n) is 1.47. The van der Waals surface area contributed by atoms with Crippen LogP contribution in [-0.4, -0.2) is 16.5 Å². The predicted molar refractivity (Wildman–Crippen MR) is 66.2 cm³/mol. The molecule has 0 saturated heterocycles. The van der Waals surface area contributed by atoms with E-state index in [1.165, 1.54) is 0 Å². The second-order valence-electron chi connectivity index (χ2n) is 3.43. The van der Waals surface area contributed by atoms with Crippen LogP contribution in [0, 0.1) is 18.8 Å². The van der Waals surface area contributed by atoms with Gasteiger partial charge in [-0.2, -0.15) is 0 Å². The van der Waals surface area contributed by atoms with Crippen LogP contribution in [0.5, 0.6) is 0 Å². The first-order valence-corrected chi connectivity index (χ1v) is 5.18. The van der Waals surface area contributed by atoms with Gasteiger partial charge in [-0.1, -0.05) is 18.1 Å². The fourth-order valence-corrected chi connectivity index (χ4v) is 1.47. The molecule has 0 saturated carbocycles. The van der Waals surface area contributed by atoms with Crippen LogP contribution in [0.2, 0.25) is 0 Å². The third-order valence-corrected chi connectivity index (χ3v) is 2.27. The Kier molecular flexibility index (Phi) is 3.02. The van der Waals surface area contributed by atoms with Gasteiger partial charge in [0.2, 0.25) is 0 Å². The van der Waals surface area contributed by atoms with Gasteiger partial charge in [-0.15, -0.1) is 5.92 Å². The molecule has 0 bridgehead atoms. The number of nitrogens with one attached hydrogen (secondary N) is 1. The topological polar surface area (TPSA) is 37.8 Å². The zero-order chi connectivity index (χ0) is 11.4. The Morgan fingerprint density at radius 2 is 1.88 bits per heavy atom. The molecule has 0 aliphatic carbocycles. The lowest BCUT2D eigenvalue weighted by atomic mass is 10.3. The van der Waals surface area contributed by atoms with Crippen LogP contribution in [0.3, 0.4) is 0 Å². The number of hydrogen-bond donors (Lipinski definition) is 1. The molecule has 1 heterocycles. The molecule has 0 aliphatic rings. The molecule has 1 aromatic carbocycles. The lowest BCUT2D eigenvalue weighted by Crippen LogP contribution is -2.04. The van der Waals surface area contributed by atoms with Crippen LogP contribution in [0.1, 0.15) is 12.6 Å². The molecule has 3 nitrogen and oxygen atoms in total. The molecule has 1 N–H and O–H groups in total. The van der Waals surface area contributed by atoms with Gasteiger partial charge in [-0.05, 0) is 26.0 Å². The number of rotatable bonds is 2. The van der Waals surface area contributed by atoms with Gasteiger partial charge < -0.3 is 5.32 Å². The Balaban J connectivity index is 2.36. The quantitative estimate of drug-likeness (QED) is 0.775. The summed E-state index contributed by atoms with van der Waals surface area (Å²) in [7, 11) is 0. The largest absolute Gasteiger partial charge is 0.358 e. The fraction of sp³-hybridized carbons (Fsp3) is 0.231. The lowest BCUT2D eigenvalue weighted by Gasteiger charge is -2.06. The van der Waals surface area contributed by atoms with E-state index in [2.05, 4.69) is 27.1 Å². The summed E-state index contributed by atoms with van der Waals surface area (Å²) in [4.78, 5) is 8.99. The van der Waals surface area contributed by atoms with Crippen molar-refractivity contribution in [2.45, 2.75) is 13.8 Å². The third-order valence-electron chi connectivity index (χ3n) is 2.27. The molecule has 0 radical (unpaired) electrons. The molecule has 80 valence electrons. The monoisotopic (exact) mass is 211 g/mol. The second-order valence-corrected chi connectivity index (χ2v) is 3.43. The van der Waals surface area contributed by atoms with E-state index >= 15 is 0 Å². The van der Waals surface area contributed by atoms with Crippen LogP contribution in [0.15, 0.2) is 24.3 Å². The summed E-state index contributed by atoms with van der Waals surface area (Å²) in [6.45, 7) is 4.37. The molecule has 1 aromatic heterocycles. The second kappa shape index (κ2) is 4.63. The number of aromatic nitrogens is 2. The summed E-state index contributed by atoms with van der Waals surface area (Å²) in [5.74, 6) is 6.58. The average molecular weight is 211 g/mol. The van der Waals surface area contributed by atoms with Crippen LogP contribution in [0.4, 0.5) is 5.82 Å². The maximum atomic E-state index is 4.51. The van der Waals surface area contributed by atoms with E-state index in [0.717, 1.165) is 22.5 Å². The molecular formula is C13H13N3. The van der Waals surface area contributed by atoms with E-state index in [1.54, 1.807) is 0 Å². The summed E-state index contributed by atoms with van der Waals surface area (Å²) in [5.41, 5.74) is 2.73. The van der Waals surface area contributed by atoms with Gasteiger partial charge in [0.1, 0.15) is 5.82 Å². The average Bonchev–Trinajstić information content (AvgIpc) is 2.30. The summed E-state index contributed by atoms with van der Waals surface area (Å²) in [5, 5.41) is 3.16. The maximum Gasteiger partial charge on any atom is 0.148 e. The highest BCUT2D eigenvalue weighted by Crippen LogP contribution is 2.15. The first-order chi connectivity index (χ1) is 7.81. The van der Waals surface area contributed by atoms with Crippen molar-refractivity contribution in [2.24, 2.45) is 0 Å². The highest BCUT2D eigenvalue weighted by molar-refractivity contribution is 5.76. The highest BCUT2D eigenvalue weighted by Gasteiger charge is 2.02. The van der Waals surface area contributed by atoms with Crippen molar-refractivity contribution >= 4 is 16.9 Å². The predicted octanol–water partition coefficient (Wildman–Crippen LogP) is 2.37. The lowest BCUT2D eigenvalue weighted by molar-refractivity contribution is 1.15. The van der Waals surface area contributed by atoms with E-state index in [0.29, 0.717) is 6.54 Å². The SMILES string of the molecule is CC#CCNc1nc2ccccc2nc1C. The molecule has 16 heavy (non-hydrogen) atoms. The molecule has 0 atom stereocenters. The van der Waals surface area contributed by atoms with Gasteiger partial charge in [0.25, 0.3) is 0 Å². The molecule has 0 amide bonds. The van der Waals surface area contributed by atoms with Gasteiger partial charge in [0, 0.05) is 0 Å². The maximum absolute atomic E-state index is 4.51. The normalized spacial score (nSPS) is 9.62. The summed E-state index contributed by atoms with van der Waals surface area (Å²) >= 11 is 0. The Bertz CT molecular complexity index is 564. The Labute approximate surface area is 94.9 Å². The van der Waals surface area contributed by atoms with Gasteiger partial charge in [0.05, 0.1) is 23.3 Å². The number of benzene rings is 1. The first kappa shape index (κ1) is 10.4. The van der Waals surface area contributed by atoms with E-state index in [9.17, 15) is 0 Å². The molecular weight excluding hydrogens is 198 g/mol. The summed E-state index contributed by atoms with van der Waals surface area (Å²) < 4.78 is 0. The molecule has 0 spiro atoms. The number of hydrogen-bond acceptors (Lipinski definition) is 3. The Morgan fingerprint density at radius 1 is 1.19 bits per heavy atom. The molecule has 0 aliphatic heterocycles. The number of anilines is 1. The van der Waals surface area contributed by atoms with Crippen molar-refractivity contribution < 1.29 is 0 Å². The van der Waals surface area contributed by atoms with Crippen molar-refractivity contribution in [3.63, 3.8) is 0 Å². The van der Waals surface area contributed by atoms with Crippen LogP contribution >= 0.6 is 0 Å². The van der Waals surface area contributed by atoms with Gasteiger partial charge >= 0.3 is 0 Å². The number of fused-ring (bicyclic) bond motifs is 1. The standard InChI is InChI=1S/C13H13N3/c1-3-4-9-14-13-10(2)15-11-7-5-6-8-12(11)16-13/h5-8H,9H2,1-2H3,(H,14,16). The Morgan fingerprint density at radius 3 is 2.56 bits per heavy atom. The smallest absolute Gasteiger partial charge is 0.148 e. The van der Waals surface area contributed by atoms with Crippen LogP contribution in [0.25, 0.3) is 11.0 Å². The number of nitrogens with zero attached hydrogens (tertiary/aromatic N) is 2. The van der Waals surface area contributed by atoms with E-state index in [4.69, 9.17) is 0 Å². The molecule has 3 heteroatoms. The van der Waals surface area contributed by atoms with Crippen molar-refractivity contribution in [1.29, 1.82) is 0 Å². The molecule has 0 fully saturated rings. The Hall–Kier alpha value is -2.08. The van der Waals surface area contributed by atoms with Crippen molar-refractivity contribution in [1.82, 2.24) is 9.97 Å². The number of aryl methyl sites for hydroxylation is 1. The number of para-hydroxylation sites is 2. The minimum Gasteiger partial charge on any atom is -0.358 e. The molecule has 0 unspecified atom stereocenters. The first-order valence-electron chi connectivity index (χ1n) is 5.18. The van der Waals surface area contributed by atoms with E-state index in [1.807, 2.05) is 38.1 Å². The zero-order valence-corrected chi connectivity index (χ0v) is 9.41. The summed E-state index contributed by atoms with van der Waals surface area (Å²) in [6.07, 6.45) is 0. The third kappa shape index (κ3) is 2.12. The van der Waals surface area contributed by atoms with E-state index < -0.39 is 0 Å². The zero-order valence-electron chi connectivity index (χ0n) is 9.41. The van der Waals surface area contributed by atoms with Gasteiger partial charge in [-0.3, -0.25) is 0 Å². The minimum absolute atomic E-state index is 0.602. The molecule has 2 rings (SSSR count). The van der Waals surface area contributed by atoms with Crippen LogP contribution < -0.4 is 5.32 Å². The summed E-state index contributed by atoms with van der Waals surface area (Å²) in [6, 6.07) is 7.84. The van der Waals surface area contributed by atoms with Crippen LogP contribution in [-0.2, 0) is 0 Å². The van der Waals surface area contributed by atoms with Gasteiger partial charge in [-0.25, -0.2) is 9.97 Å². The molecule has 2 aromatic rings. The van der Waals surface area contributed by atoms with Gasteiger partial charge in [0.15, 0.2) is 0 Å².